The van der Waals surface area contributed by atoms with Gasteiger partial charge >= 0.3 is 5.97 Å². The quantitative estimate of drug-likeness (QED) is 0.298. The maximum Gasteiger partial charge on any atom is 0.381 e. The minimum absolute atomic E-state index is 0.625. The second-order valence-electron chi connectivity index (χ2n) is 6.45. The van der Waals surface area contributed by atoms with Crippen molar-refractivity contribution in [2.45, 2.75) is 110 Å². The predicted octanol–water partition coefficient (Wildman–Crippen LogP) is 6.34. The fraction of sp³-hybridized carbons (Fsp3) is 0.773. The summed E-state index contributed by atoms with van der Waals surface area (Å²) in [6, 6.07) is 0. The van der Waals surface area contributed by atoms with E-state index < -0.39 is 5.97 Å². The SMILES string of the molecule is CCCCCCCCCCCCCCC#CCCCC#CC(=O)O. The number of carbonyl (C=O) groups is 1. The van der Waals surface area contributed by atoms with Gasteiger partial charge in [0.2, 0.25) is 0 Å². The molecule has 0 unspecified atom stereocenters. The average Bonchev–Trinajstić information content (AvgIpc) is 2.56. The number of unbranched alkanes of at least 4 members (excludes halogenated alkanes) is 14. The van der Waals surface area contributed by atoms with Crippen LogP contribution in [0.2, 0.25) is 0 Å². The lowest BCUT2D eigenvalue weighted by atomic mass is 10.0. The second kappa shape index (κ2) is 19.6. The van der Waals surface area contributed by atoms with E-state index >= 15 is 0 Å². The molecule has 0 heterocycles. The van der Waals surface area contributed by atoms with Crippen molar-refractivity contribution < 1.29 is 9.90 Å². The lowest BCUT2D eigenvalue weighted by Crippen LogP contribution is -1.86. The molecule has 0 spiro atoms. The molecule has 0 aromatic carbocycles. The van der Waals surface area contributed by atoms with Crippen LogP contribution in [0.4, 0.5) is 0 Å². The summed E-state index contributed by atoms with van der Waals surface area (Å²) < 4.78 is 0. The molecule has 136 valence electrons. The molecule has 0 rings (SSSR count). The average molecular weight is 333 g/mol. The van der Waals surface area contributed by atoms with Crippen LogP contribution in [0.5, 0.6) is 0 Å². The van der Waals surface area contributed by atoms with Crippen molar-refractivity contribution in [3.63, 3.8) is 0 Å². The number of hydrogen-bond acceptors (Lipinski definition) is 1. The van der Waals surface area contributed by atoms with E-state index in [1.807, 2.05) is 0 Å². The normalized spacial score (nSPS) is 9.71. The summed E-state index contributed by atoms with van der Waals surface area (Å²) in [7, 11) is 0. The van der Waals surface area contributed by atoms with Gasteiger partial charge in [-0.3, -0.25) is 0 Å². The van der Waals surface area contributed by atoms with Gasteiger partial charge in [-0.1, -0.05) is 83.5 Å². The van der Waals surface area contributed by atoms with Crippen LogP contribution in [-0.2, 0) is 4.79 Å². The predicted molar refractivity (Wildman–Crippen MR) is 103 cm³/mol. The number of hydrogen-bond donors (Lipinski definition) is 1. The van der Waals surface area contributed by atoms with Crippen LogP contribution in [0.1, 0.15) is 110 Å². The summed E-state index contributed by atoms with van der Waals surface area (Å²) in [4.78, 5) is 10.2. The molecular weight excluding hydrogens is 296 g/mol. The van der Waals surface area contributed by atoms with Crippen LogP contribution in [0, 0.1) is 23.7 Å². The summed E-state index contributed by atoms with van der Waals surface area (Å²) in [5, 5.41) is 8.36. The highest BCUT2D eigenvalue weighted by Gasteiger charge is 1.93. The van der Waals surface area contributed by atoms with E-state index in [0.717, 1.165) is 19.3 Å². The van der Waals surface area contributed by atoms with Crippen molar-refractivity contribution in [1.82, 2.24) is 0 Å². The van der Waals surface area contributed by atoms with Gasteiger partial charge in [-0.2, -0.15) is 0 Å². The third-order valence-electron chi connectivity index (χ3n) is 4.08. The molecule has 0 radical (unpaired) electrons. The molecular formula is C22H36O2. The summed E-state index contributed by atoms with van der Waals surface area (Å²) >= 11 is 0. The molecule has 0 aliphatic rings. The molecule has 24 heavy (non-hydrogen) atoms. The Hall–Kier alpha value is -1.41. The van der Waals surface area contributed by atoms with E-state index in [1.54, 1.807) is 0 Å². The minimum Gasteiger partial charge on any atom is -0.472 e. The van der Waals surface area contributed by atoms with Gasteiger partial charge in [0.05, 0.1) is 0 Å². The van der Waals surface area contributed by atoms with Crippen LogP contribution in [0.15, 0.2) is 0 Å². The largest absolute Gasteiger partial charge is 0.472 e. The van der Waals surface area contributed by atoms with Gasteiger partial charge in [0.15, 0.2) is 0 Å². The van der Waals surface area contributed by atoms with Gasteiger partial charge in [-0.15, -0.1) is 11.8 Å². The Morgan fingerprint density at radius 3 is 1.54 bits per heavy atom. The third kappa shape index (κ3) is 20.6. The molecule has 2 nitrogen and oxygen atoms in total. The van der Waals surface area contributed by atoms with Crippen molar-refractivity contribution in [2.75, 3.05) is 0 Å². The first-order chi connectivity index (χ1) is 11.8. The Bertz CT molecular complexity index is 403. The molecule has 0 saturated heterocycles. The first-order valence-electron chi connectivity index (χ1n) is 9.95. The highest BCUT2D eigenvalue weighted by atomic mass is 16.4. The molecule has 0 aliphatic carbocycles. The maximum atomic E-state index is 10.2. The standard InChI is InChI=1S/C22H36O2/c1-2-3-4-5-6-7-8-9-10-11-12-13-14-15-16-17-18-19-20-21-22(23)24/h2-14,17-19H2,1H3,(H,23,24). The second-order valence-corrected chi connectivity index (χ2v) is 6.45. The first-order valence-corrected chi connectivity index (χ1v) is 9.95. The minimum atomic E-state index is -1.05. The van der Waals surface area contributed by atoms with E-state index in [1.165, 1.54) is 77.0 Å². The summed E-state index contributed by atoms with van der Waals surface area (Å²) in [5.41, 5.74) is 0. The first kappa shape index (κ1) is 22.6. The van der Waals surface area contributed by atoms with Gasteiger partial charge in [-0.25, -0.2) is 4.79 Å². The van der Waals surface area contributed by atoms with E-state index in [2.05, 4.69) is 30.6 Å². The van der Waals surface area contributed by atoms with Crippen LogP contribution >= 0.6 is 0 Å². The number of carboxylic acid groups (broad SMARTS) is 1. The van der Waals surface area contributed by atoms with Crippen LogP contribution in [0.3, 0.4) is 0 Å². The topological polar surface area (TPSA) is 37.3 Å². The van der Waals surface area contributed by atoms with Crippen LogP contribution < -0.4 is 0 Å². The third-order valence-corrected chi connectivity index (χ3v) is 4.08. The van der Waals surface area contributed by atoms with Crippen molar-refractivity contribution in [3.8, 4) is 23.7 Å². The lowest BCUT2D eigenvalue weighted by molar-refractivity contribution is -0.130. The Labute approximate surface area is 149 Å². The van der Waals surface area contributed by atoms with Crippen molar-refractivity contribution in [3.05, 3.63) is 0 Å². The van der Waals surface area contributed by atoms with Gasteiger partial charge in [-0.05, 0) is 12.8 Å². The Kier molecular flexibility index (Phi) is 18.5. The van der Waals surface area contributed by atoms with Gasteiger partial charge in [0, 0.05) is 25.2 Å². The maximum absolute atomic E-state index is 10.2. The molecule has 0 bridgehead atoms. The van der Waals surface area contributed by atoms with Crippen LogP contribution in [0.25, 0.3) is 0 Å². The van der Waals surface area contributed by atoms with Crippen LogP contribution in [-0.4, -0.2) is 11.1 Å². The Balaban J connectivity index is 3.17. The smallest absolute Gasteiger partial charge is 0.381 e. The molecule has 0 aromatic rings. The molecule has 0 saturated carbocycles. The monoisotopic (exact) mass is 332 g/mol. The van der Waals surface area contributed by atoms with E-state index in [4.69, 9.17) is 5.11 Å². The van der Waals surface area contributed by atoms with E-state index in [-0.39, 0.29) is 0 Å². The number of aliphatic carboxylic acids is 1. The van der Waals surface area contributed by atoms with Gasteiger partial charge < -0.3 is 5.11 Å². The highest BCUT2D eigenvalue weighted by Crippen LogP contribution is 2.12. The molecule has 2 heteroatoms. The molecule has 1 N–H and O–H groups in total. The highest BCUT2D eigenvalue weighted by molar-refractivity contribution is 5.86. The fourth-order valence-electron chi connectivity index (χ4n) is 2.63. The molecule has 0 aliphatic heterocycles. The molecule has 0 amide bonds. The number of carboxylic acids is 1. The summed E-state index contributed by atoms with van der Waals surface area (Å²) in [6.45, 7) is 2.27. The van der Waals surface area contributed by atoms with E-state index in [9.17, 15) is 4.79 Å². The zero-order chi connectivity index (χ0) is 17.7. The zero-order valence-corrected chi connectivity index (χ0v) is 15.7. The Morgan fingerprint density at radius 2 is 1.04 bits per heavy atom. The van der Waals surface area contributed by atoms with Gasteiger partial charge in [0.1, 0.15) is 0 Å². The zero-order valence-electron chi connectivity index (χ0n) is 15.7. The Morgan fingerprint density at radius 1 is 0.625 bits per heavy atom. The fourth-order valence-corrected chi connectivity index (χ4v) is 2.63. The molecule has 0 atom stereocenters. The van der Waals surface area contributed by atoms with E-state index in [0.29, 0.717) is 6.42 Å². The molecule has 0 aromatic heterocycles. The van der Waals surface area contributed by atoms with Crippen molar-refractivity contribution in [2.24, 2.45) is 0 Å². The molecule has 0 fully saturated rings. The van der Waals surface area contributed by atoms with Crippen molar-refractivity contribution in [1.29, 1.82) is 0 Å². The lowest BCUT2D eigenvalue weighted by Gasteiger charge is -2.01. The summed E-state index contributed by atoms with van der Waals surface area (Å²) in [5.74, 6) is 10.0. The number of rotatable bonds is 14. The summed E-state index contributed by atoms with van der Waals surface area (Å²) in [6.07, 6.45) is 19.8. The van der Waals surface area contributed by atoms with Gasteiger partial charge in [0.25, 0.3) is 0 Å². The van der Waals surface area contributed by atoms with Crippen molar-refractivity contribution >= 4 is 5.97 Å².